The fourth-order valence-electron chi connectivity index (χ4n) is 4.03. The maximum Gasteiger partial charge on any atom is 0.0614 e. The van der Waals surface area contributed by atoms with Crippen molar-refractivity contribution < 1.29 is 5.11 Å². The Labute approximate surface area is 178 Å². The van der Waals surface area contributed by atoms with Crippen molar-refractivity contribution in [2.75, 3.05) is 19.7 Å². The Morgan fingerprint density at radius 2 is 1.36 bits per heavy atom. The average molecular weight is 396 g/mol. The van der Waals surface area contributed by atoms with E-state index < -0.39 is 0 Å². The Balaban J connectivity index is 3.53. The quantitative estimate of drug-likeness (QED) is 0.165. The van der Waals surface area contributed by atoms with Gasteiger partial charge in [-0.15, -0.1) is 0 Å². The summed E-state index contributed by atoms with van der Waals surface area (Å²) in [5.41, 5.74) is 1.34. The van der Waals surface area contributed by atoms with Crippen molar-refractivity contribution in [1.82, 2.24) is 5.32 Å². The summed E-state index contributed by atoms with van der Waals surface area (Å²) in [6.07, 6.45) is 19.5. The summed E-state index contributed by atoms with van der Waals surface area (Å²) in [4.78, 5) is 0. The molecule has 0 rings (SSSR count). The van der Waals surface area contributed by atoms with Gasteiger partial charge in [0.05, 0.1) is 6.61 Å². The lowest BCUT2D eigenvalue weighted by Crippen LogP contribution is -2.22. The number of nitrogens with one attached hydrogen (secondary N) is 1. The molecule has 0 saturated heterocycles. The summed E-state index contributed by atoms with van der Waals surface area (Å²) in [5.74, 6) is 2.55. The molecule has 0 bridgehead atoms. The average Bonchev–Trinajstić information content (AvgIpc) is 2.65. The van der Waals surface area contributed by atoms with Crippen molar-refractivity contribution in [2.24, 2.45) is 17.8 Å². The topological polar surface area (TPSA) is 32.3 Å². The maximum absolute atomic E-state index is 8.90. The highest BCUT2D eigenvalue weighted by atomic mass is 16.2. The van der Waals surface area contributed by atoms with Gasteiger partial charge in [0.25, 0.3) is 0 Å². The van der Waals surface area contributed by atoms with Crippen molar-refractivity contribution in [3.63, 3.8) is 0 Å². The fraction of sp³-hybridized carbons (Fsp3) is 0.923. The van der Waals surface area contributed by atoms with Crippen LogP contribution in [-0.4, -0.2) is 24.8 Å². The smallest absolute Gasteiger partial charge is 0.0614 e. The number of unbranched alkanes of at least 4 members (excludes halogenated alkanes) is 3. The highest BCUT2D eigenvalue weighted by molar-refractivity contribution is 4.97. The zero-order valence-corrected chi connectivity index (χ0v) is 20.1. The molecule has 0 aliphatic rings. The second kappa shape index (κ2) is 20.0. The molecular formula is C26H53NO. The van der Waals surface area contributed by atoms with Crippen molar-refractivity contribution in [3.05, 3.63) is 11.6 Å². The van der Waals surface area contributed by atoms with Crippen LogP contribution >= 0.6 is 0 Å². The largest absolute Gasteiger partial charge is 0.392 e. The molecule has 2 N–H and O–H groups in total. The molecule has 0 aliphatic heterocycles. The van der Waals surface area contributed by atoms with E-state index in [0.717, 1.165) is 24.2 Å². The summed E-state index contributed by atoms with van der Waals surface area (Å²) in [5, 5.41) is 12.5. The molecule has 0 spiro atoms. The van der Waals surface area contributed by atoms with Crippen LogP contribution < -0.4 is 5.32 Å². The van der Waals surface area contributed by atoms with Crippen molar-refractivity contribution in [2.45, 2.75) is 118 Å². The van der Waals surface area contributed by atoms with E-state index in [4.69, 9.17) is 5.11 Å². The second-order valence-corrected chi connectivity index (χ2v) is 9.57. The molecule has 0 aromatic rings. The molecular weight excluding hydrogens is 342 g/mol. The lowest BCUT2D eigenvalue weighted by molar-refractivity contribution is 0.341. The van der Waals surface area contributed by atoms with Gasteiger partial charge in [0.1, 0.15) is 0 Å². The monoisotopic (exact) mass is 395 g/mol. The Bertz CT molecular complexity index is 352. The fourth-order valence-corrected chi connectivity index (χ4v) is 4.03. The van der Waals surface area contributed by atoms with Crippen LogP contribution in [0.5, 0.6) is 0 Å². The SMILES string of the molecule is CCCCCCNCC(C)CCC[C@@H](C)CCC[C@@H](C)CCC/C(C)=C/CO. The molecule has 0 aromatic carbocycles. The van der Waals surface area contributed by atoms with Gasteiger partial charge in [-0.3, -0.25) is 0 Å². The molecule has 0 radical (unpaired) electrons. The number of rotatable bonds is 20. The minimum absolute atomic E-state index is 0.188. The third-order valence-electron chi connectivity index (χ3n) is 6.20. The van der Waals surface area contributed by atoms with E-state index >= 15 is 0 Å². The lowest BCUT2D eigenvalue weighted by Gasteiger charge is -2.16. The Hall–Kier alpha value is -0.340. The van der Waals surface area contributed by atoms with Crippen LogP contribution in [-0.2, 0) is 0 Å². The molecule has 0 fully saturated rings. The van der Waals surface area contributed by atoms with Crippen LogP contribution in [0.2, 0.25) is 0 Å². The number of aliphatic hydroxyl groups is 1. The molecule has 2 nitrogen and oxygen atoms in total. The molecule has 0 amide bonds. The molecule has 1 unspecified atom stereocenters. The van der Waals surface area contributed by atoms with Crippen molar-refractivity contribution in [1.29, 1.82) is 0 Å². The highest BCUT2D eigenvalue weighted by Gasteiger charge is 2.08. The van der Waals surface area contributed by atoms with E-state index in [0.29, 0.717) is 0 Å². The number of hydrogen-bond donors (Lipinski definition) is 2. The number of allylic oxidation sites excluding steroid dienone is 1. The molecule has 0 aromatic heterocycles. The van der Waals surface area contributed by atoms with Crippen LogP contribution in [0.4, 0.5) is 0 Å². The first-order valence-electron chi connectivity index (χ1n) is 12.5. The van der Waals surface area contributed by atoms with Gasteiger partial charge < -0.3 is 10.4 Å². The van der Waals surface area contributed by atoms with E-state index in [1.807, 2.05) is 6.08 Å². The summed E-state index contributed by atoms with van der Waals surface area (Å²) < 4.78 is 0. The van der Waals surface area contributed by atoms with Gasteiger partial charge in [-0.05, 0) is 63.5 Å². The molecule has 168 valence electrons. The van der Waals surface area contributed by atoms with Crippen molar-refractivity contribution in [3.8, 4) is 0 Å². The minimum Gasteiger partial charge on any atom is -0.392 e. The van der Waals surface area contributed by atoms with Gasteiger partial charge >= 0.3 is 0 Å². The van der Waals surface area contributed by atoms with Crippen molar-refractivity contribution >= 4 is 0 Å². The molecule has 28 heavy (non-hydrogen) atoms. The summed E-state index contributed by atoms with van der Waals surface area (Å²) in [6.45, 7) is 14.3. The summed E-state index contributed by atoms with van der Waals surface area (Å²) >= 11 is 0. The first-order chi connectivity index (χ1) is 13.5. The molecule has 0 aliphatic carbocycles. The predicted molar refractivity (Wildman–Crippen MR) is 127 cm³/mol. The second-order valence-electron chi connectivity index (χ2n) is 9.57. The van der Waals surface area contributed by atoms with E-state index in [-0.39, 0.29) is 6.61 Å². The van der Waals surface area contributed by atoms with Gasteiger partial charge in [0, 0.05) is 0 Å². The first-order valence-corrected chi connectivity index (χ1v) is 12.5. The third-order valence-corrected chi connectivity index (χ3v) is 6.20. The van der Waals surface area contributed by atoms with Gasteiger partial charge in [-0.25, -0.2) is 0 Å². The van der Waals surface area contributed by atoms with Crippen LogP contribution in [0.15, 0.2) is 11.6 Å². The summed E-state index contributed by atoms with van der Waals surface area (Å²) in [7, 11) is 0. The van der Waals surface area contributed by atoms with E-state index in [9.17, 15) is 0 Å². The van der Waals surface area contributed by atoms with Crippen LogP contribution in [0, 0.1) is 17.8 Å². The highest BCUT2D eigenvalue weighted by Crippen LogP contribution is 2.22. The van der Waals surface area contributed by atoms with Gasteiger partial charge in [0.15, 0.2) is 0 Å². The predicted octanol–water partition coefficient (Wildman–Crippen LogP) is 7.51. The third kappa shape index (κ3) is 19.0. The normalized spacial score (nSPS) is 15.6. The summed E-state index contributed by atoms with van der Waals surface area (Å²) in [6, 6.07) is 0. The standard InChI is InChI=1S/C26H53NO/c1-6-7-8-9-20-27-22-26(5)18-12-16-24(3)14-10-13-23(2)15-11-17-25(4)19-21-28/h19,23-24,26-28H,6-18,20-22H2,1-5H3/b25-19+/t23-,24+,26?/m1/s1. The van der Waals surface area contributed by atoms with E-state index in [2.05, 4.69) is 39.9 Å². The lowest BCUT2D eigenvalue weighted by atomic mass is 9.91. The van der Waals surface area contributed by atoms with Gasteiger partial charge in [0.2, 0.25) is 0 Å². The minimum atomic E-state index is 0.188. The first kappa shape index (κ1) is 27.7. The maximum atomic E-state index is 8.90. The Kier molecular flexibility index (Phi) is 19.7. The van der Waals surface area contributed by atoms with Gasteiger partial charge in [-0.1, -0.05) is 97.1 Å². The molecule has 3 atom stereocenters. The van der Waals surface area contributed by atoms with Crippen LogP contribution in [0.1, 0.15) is 118 Å². The molecule has 0 heterocycles. The molecule has 0 saturated carbocycles. The van der Waals surface area contributed by atoms with E-state index in [1.54, 1.807) is 0 Å². The van der Waals surface area contributed by atoms with Gasteiger partial charge in [-0.2, -0.15) is 0 Å². The Morgan fingerprint density at radius 1 is 0.786 bits per heavy atom. The molecule has 2 heteroatoms. The number of aliphatic hydroxyl groups excluding tert-OH is 1. The Morgan fingerprint density at radius 3 is 1.93 bits per heavy atom. The zero-order chi connectivity index (χ0) is 21.0. The van der Waals surface area contributed by atoms with Crippen LogP contribution in [0.3, 0.4) is 0 Å². The van der Waals surface area contributed by atoms with Crippen LogP contribution in [0.25, 0.3) is 0 Å². The number of hydrogen-bond acceptors (Lipinski definition) is 2. The zero-order valence-electron chi connectivity index (χ0n) is 20.1. The van der Waals surface area contributed by atoms with E-state index in [1.165, 1.54) is 95.7 Å².